The molecule has 0 heterocycles. The molecule has 0 amide bonds. The minimum Gasteiger partial charge on any atom is -0.299 e. The first-order chi connectivity index (χ1) is 6.86. The first-order valence-electron chi connectivity index (χ1n) is 3.99. The van der Waals surface area contributed by atoms with Gasteiger partial charge in [0.25, 0.3) is 0 Å². The molecule has 0 atom stereocenters. The number of carbonyl (C=O) groups excluding carboxylic acids is 1. The van der Waals surface area contributed by atoms with Crippen molar-refractivity contribution in [1.29, 1.82) is 5.26 Å². The van der Waals surface area contributed by atoms with Gasteiger partial charge in [0.2, 0.25) is 0 Å². The third-order valence-corrected chi connectivity index (χ3v) is 1.49. The van der Waals surface area contributed by atoms with Crippen LogP contribution in [0.25, 0.3) is 0 Å². The van der Waals surface area contributed by atoms with Crippen molar-refractivity contribution >= 4 is 6.29 Å². The number of hydrogen-bond donors (Lipinski definition) is 0. The molecule has 1 rings (SSSR count). The number of hydrogen-bond acceptors (Lipinski definition) is 2. The summed E-state index contributed by atoms with van der Waals surface area (Å²) in [6.45, 7) is 0. The monoisotopic (exact) mass is 181 g/mol. The predicted molar refractivity (Wildman–Crippen MR) is 53.2 cm³/mol. The van der Waals surface area contributed by atoms with Gasteiger partial charge in [0.1, 0.15) is 6.29 Å². The third kappa shape index (κ3) is 2.97. The lowest BCUT2D eigenvalue weighted by Crippen LogP contribution is -1.75. The molecule has 1 aromatic carbocycles. The van der Waals surface area contributed by atoms with Gasteiger partial charge in [0, 0.05) is 5.56 Å². The van der Waals surface area contributed by atoms with Crippen LogP contribution in [0.1, 0.15) is 11.1 Å². The van der Waals surface area contributed by atoms with E-state index in [4.69, 9.17) is 5.26 Å². The Morgan fingerprint density at radius 1 is 1.14 bits per heavy atom. The summed E-state index contributed by atoms with van der Waals surface area (Å²) in [6, 6.07) is 8.95. The lowest BCUT2D eigenvalue weighted by atomic mass is 10.1. The second-order valence-electron chi connectivity index (χ2n) is 2.45. The molecule has 0 fully saturated rings. The van der Waals surface area contributed by atoms with E-state index in [1.165, 1.54) is 12.2 Å². The molecular weight excluding hydrogens is 174 g/mol. The van der Waals surface area contributed by atoms with E-state index in [-0.39, 0.29) is 0 Å². The Hall–Kier alpha value is -2.32. The van der Waals surface area contributed by atoms with E-state index < -0.39 is 0 Å². The highest BCUT2D eigenvalue weighted by atomic mass is 16.1. The predicted octanol–water partition coefficient (Wildman–Crippen LogP) is 1.66. The van der Waals surface area contributed by atoms with Crippen molar-refractivity contribution in [2.24, 2.45) is 0 Å². The van der Waals surface area contributed by atoms with E-state index in [1.54, 1.807) is 24.3 Å². The Balaban J connectivity index is 2.77. The van der Waals surface area contributed by atoms with Crippen LogP contribution >= 0.6 is 0 Å². The lowest BCUT2D eigenvalue weighted by Gasteiger charge is -1.88. The van der Waals surface area contributed by atoms with Crippen LogP contribution in [0.3, 0.4) is 0 Å². The van der Waals surface area contributed by atoms with Gasteiger partial charge in [-0.2, -0.15) is 5.26 Å². The number of nitriles is 1. The van der Waals surface area contributed by atoms with E-state index in [0.29, 0.717) is 11.8 Å². The van der Waals surface area contributed by atoms with Crippen molar-refractivity contribution in [2.45, 2.75) is 0 Å². The molecule has 0 unspecified atom stereocenters. The summed E-state index contributed by atoms with van der Waals surface area (Å²) >= 11 is 0. The largest absolute Gasteiger partial charge is 0.299 e. The maximum atomic E-state index is 9.91. The molecule has 0 N–H and O–H groups in total. The summed E-state index contributed by atoms with van der Waals surface area (Å²) < 4.78 is 0. The van der Waals surface area contributed by atoms with Crippen molar-refractivity contribution in [1.82, 2.24) is 0 Å². The molecule has 1 aromatic rings. The number of rotatable bonds is 1. The van der Waals surface area contributed by atoms with Crippen LogP contribution in [-0.4, -0.2) is 6.29 Å². The van der Waals surface area contributed by atoms with E-state index in [1.807, 2.05) is 6.07 Å². The first-order valence-corrected chi connectivity index (χ1v) is 3.99. The SMILES string of the molecule is N#Cc1ccc(C#C/C=C\C=O)cc1. The number of nitrogens with zero attached hydrogens (tertiary/aromatic N) is 1. The minimum atomic E-state index is 0.610. The van der Waals surface area contributed by atoms with E-state index in [0.717, 1.165) is 5.56 Å². The second kappa shape index (κ2) is 5.35. The van der Waals surface area contributed by atoms with Crippen LogP contribution in [0.15, 0.2) is 36.4 Å². The van der Waals surface area contributed by atoms with Gasteiger partial charge < -0.3 is 0 Å². The molecule has 0 aliphatic heterocycles. The van der Waals surface area contributed by atoms with Crippen molar-refractivity contribution in [3.05, 3.63) is 47.5 Å². The van der Waals surface area contributed by atoms with Crippen LogP contribution in [0.5, 0.6) is 0 Å². The maximum absolute atomic E-state index is 9.91. The van der Waals surface area contributed by atoms with Crippen LogP contribution < -0.4 is 0 Å². The van der Waals surface area contributed by atoms with Crippen LogP contribution in [0, 0.1) is 23.2 Å². The van der Waals surface area contributed by atoms with Crippen LogP contribution in [0.2, 0.25) is 0 Å². The molecule has 0 aliphatic rings. The van der Waals surface area contributed by atoms with Crippen molar-refractivity contribution in [3.63, 3.8) is 0 Å². The standard InChI is InChI=1S/C12H7NO/c13-10-12-7-5-11(6-8-12)4-2-1-3-9-14/h1,3,5-9H/b3-1-. The Morgan fingerprint density at radius 3 is 2.36 bits per heavy atom. The average molecular weight is 181 g/mol. The van der Waals surface area contributed by atoms with Crippen LogP contribution in [0.4, 0.5) is 0 Å². The molecule has 0 saturated carbocycles. The minimum absolute atomic E-state index is 0.610. The van der Waals surface area contributed by atoms with Crippen molar-refractivity contribution in [3.8, 4) is 17.9 Å². The van der Waals surface area contributed by atoms with Gasteiger partial charge in [-0.3, -0.25) is 4.79 Å². The summed E-state index contributed by atoms with van der Waals surface area (Å²) in [6.07, 6.45) is 3.48. The highest BCUT2D eigenvalue weighted by Crippen LogP contribution is 2.00. The zero-order valence-electron chi connectivity index (χ0n) is 7.40. The van der Waals surface area contributed by atoms with E-state index >= 15 is 0 Å². The highest BCUT2D eigenvalue weighted by Gasteiger charge is 1.87. The second-order valence-corrected chi connectivity index (χ2v) is 2.45. The number of allylic oxidation sites excluding steroid dienone is 2. The van der Waals surface area contributed by atoms with Gasteiger partial charge in [-0.05, 0) is 36.4 Å². The lowest BCUT2D eigenvalue weighted by molar-refractivity contribution is -0.104. The first kappa shape index (κ1) is 9.77. The topological polar surface area (TPSA) is 40.9 Å². The summed E-state index contributed by atoms with van der Waals surface area (Å²) in [5, 5.41) is 8.54. The highest BCUT2D eigenvalue weighted by molar-refractivity contribution is 5.65. The van der Waals surface area contributed by atoms with Gasteiger partial charge in [-0.15, -0.1) is 0 Å². The van der Waals surface area contributed by atoms with Gasteiger partial charge >= 0.3 is 0 Å². The van der Waals surface area contributed by atoms with E-state index in [2.05, 4.69) is 11.8 Å². The quantitative estimate of drug-likeness (QED) is 0.375. The fourth-order valence-corrected chi connectivity index (χ4v) is 0.840. The van der Waals surface area contributed by atoms with Gasteiger partial charge in [0.05, 0.1) is 11.6 Å². The Labute approximate surface area is 82.5 Å². The number of benzene rings is 1. The molecule has 0 saturated heterocycles. The zero-order valence-corrected chi connectivity index (χ0v) is 7.40. The fourth-order valence-electron chi connectivity index (χ4n) is 0.840. The molecule has 14 heavy (non-hydrogen) atoms. The summed E-state index contributed by atoms with van der Waals surface area (Å²) in [7, 11) is 0. The van der Waals surface area contributed by atoms with Gasteiger partial charge in [-0.1, -0.05) is 11.8 Å². The van der Waals surface area contributed by atoms with Crippen LogP contribution in [-0.2, 0) is 4.79 Å². The smallest absolute Gasteiger partial charge is 0.143 e. The fraction of sp³-hybridized carbons (Fsp3) is 0. The molecule has 0 aliphatic carbocycles. The molecule has 66 valence electrons. The Kier molecular flexibility index (Phi) is 3.73. The normalized spacial score (nSPS) is 8.79. The third-order valence-electron chi connectivity index (χ3n) is 1.49. The van der Waals surface area contributed by atoms with Gasteiger partial charge in [-0.25, -0.2) is 0 Å². The summed E-state index contributed by atoms with van der Waals surface area (Å²) in [5.74, 6) is 5.52. The molecule has 2 nitrogen and oxygen atoms in total. The Bertz CT molecular complexity index is 438. The Morgan fingerprint density at radius 2 is 1.79 bits per heavy atom. The molecule has 0 radical (unpaired) electrons. The molecular formula is C12H7NO. The number of carbonyl (C=O) groups is 1. The maximum Gasteiger partial charge on any atom is 0.143 e. The average Bonchev–Trinajstić information content (AvgIpc) is 2.25. The zero-order chi connectivity index (χ0) is 10.2. The molecule has 0 bridgehead atoms. The number of aldehydes is 1. The molecule has 0 aromatic heterocycles. The molecule has 2 heteroatoms. The van der Waals surface area contributed by atoms with Gasteiger partial charge in [0.15, 0.2) is 0 Å². The van der Waals surface area contributed by atoms with Crippen molar-refractivity contribution < 1.29 is 4.79 Å². The van der Waals surface area contributed by atoms with E-state index in [9.17, 15) is 4.79 Å². The summed E-state index contributed by atoms with van der Waals surface area (Å²) in [5.41, 5.74) is 1.43. The molecule has 0 spiro atoms. The van der Waals surface area contributed by atoms with Crippen molar-refractivity contribution in [2.75, 3.05) is 0 Å². The summed E-state index contributed by atoms with van der Waals surface area (Å²) in [4.78, 5) is 9.91.